The standard InChI is InChI=1S/C30H36N4O4/c1-2-38-30(37)26-17-22-16-23(12-13-25(22)33-26)32-28(35)27-24(20-6-4-3-5-7-20)14-15-34(27)29(36)21-10-8-19(18-31)9-11-21/h3-7,12-13,16-17,19,21,24,27,33H,2,8-11,14-15,18,31H2,1H3,(H,32,35). The Kier molecular flexibility index (Phi) is 7.79. The van der Waals surface area contributed by atoms with E-state index in [1.807, 2.05) is 47.4 Å². The number of hydrogen-bond donors (Lipinski definition) is 3. The molecule has 0 bridgehead atoms. The number of ether oxygens (including phenoxy) is 1. The van der Waals surface area contributed by atoms with Gasteiger partial charge in [0.25, 0.3) is 0 Å². The summed E-state index contributed by atoms with van der Waals surface area (Å²) in [5.41, 5.74) is 8.68. The van der Waals surface area contributed by atoms with Crippen LogP contribution in [-0.4, -0.2) is 53.4 Å². The zero-order valence-electron chi connectivity index (χ0n) is 21.8. The first-order chi connectivity index (χ1) is 18.5. The summed E-state index contributed by atoms with van der Waals surface area (Å²) >= 11 is 0. The minimum Gasteiger partial charge on any atom is -0.461 e. The number of esters is 1. The van der Waals surface area contributed by atoms with Gasteiger partial charge in [-0.15, -0.1) is 0 Å². The topological polar surface area (TPSA) is 118 Å². The zero-order chi connectivity index (χ0) is 26.6. The predicted molar refractivity (Wildman–Crippen MR) is 147 cm³/mol. The maximum atomic E-state index is 13.8. The first-order valence-electron chi connectivity index (χ1n) is 13.6. The Labute approximate surface area is 222 Å². The van der Waals surface area contributed by atoms with Crippen molar-refractivity contribution in [3.05, 3.63) is 65.9 Å². The van der Waals surface area contributed by atoms with E-state index in [1.165, 1.54) is 0 Å². The van der Waals surface area contributed by atoms with E-state index < -0.39 is 12.0 Å². The molecule has 8 nitrogen and oxygen atoms in total. The summed E-state index contributed by atoms with van der Waals surface area (Å²) in [4.78, 5) is 44.5. The van der Waals surface area contributed by atoms with Crippen LogP contribution >= 0.6 is 0 Å². The molecule has 1 aliphatic carbocycles. The van der Waals surface area contributed by atoms with Crippen LogP contribution in [0.3, 0.4) is 0 Å². The number of fused-ring (bicyclic) bond motifs is 1. The molecule has 2 aromatic carbocycles. The molecule has 8 heteroatoms. The Hall–Kier alpha value is -3.65. The minimum atomic E-state index is -0.589. The molecule has 2 atom stereocenters. The molecule has 1 aromatic heterocycles. The van der Waals surface area contributed by atoms with Crippen molar-refractivity contribution in [3.8, 4) is 0 Å². The fraction of sp³-hybridized carbons (Fsp3) is 0.433. The smallest absolute Gasteiger partial charge is 0.354 e. The lowest BCUT2D eigenvalue weighted by molar-refractivity contribution is -0.141. The highest BCUT2D eigenvalue weighted by Gasteiger charge is 2.44. The van der Waals surface area contributed by atoms with Crippen molar-refractivity contribution in [1.82, 2.24) is 9.88 Å². The van der Waals surface area contributed by atoms with Crippen LogP contribution in [-0.2, 0) is 14.3 Å². The predicted octanol–water partition coefficient (Wildman–Crippen LogP) is 4.43. The molecule has 1 aliphatic heterocycles. The summed E-state index contributed by atoms with van der Waals surface area (Å²) in [6, 6.07) is 16.6. The van der Waals surface area contributed by atoms with Gasteiger partial charge in [0.05, 0.1) is 6.61 Å². The molecule has 1 saturated carbocycles. The van der Waals surface area contributed by atoms with E-state index in [0.717, 1.165) is 48.6 Å². The molecule has 2 unspecified atom stereocenters. The molecule has 2 aliphatic rings. The van der Waals surface area contributed by atoms with Crippen molar-refractivity contribution in [2.75, 3.05) is 25.0 Å². The van der Waals surface area contributed by atoms with Gasteiger partial charge in [-0.2, -0.15) is 0 Å². The highest BCUT2D eigenvalue weighted by atomic mass is 16.5. The van der Waals surface area contributed by atoms with Gasteiger partial charge in [0, 0.05) is 35.0 Å². The van der Waals surface area contributed by atoms with Crippen LogP contribution in [0.2, 0.25) is 0 Å². The molecule has 4 N–H and O–H groups in total. The van der Waals surface area contributed by atoms with Crippen LogP contribution in [0.4, 0.5) is 5.69 Å². The van der Waals surface area contributed by atoms with Gasteiger partial charge in [0.1, 0.15) is 11.7 Å². The number of rotatable bonds is 7. The van der Waals surface area contributed by atoms with Gasteiger partial charge in [0.15, 0.2) is 0 Å². The van der Waals surface area contributed by atoms with E-state index in [0.29, 0.717) is 37.0 Å². The monoisotopic (exact) mass is 516 g/mol. The van der Waals surface area contributed by atoms with E-state index >= 15 is 0 Å². The summed E-state index contributed by atoms with van der Waals surface area (Å²) < 4.78 is 5.09. The van der Waals surface area contributed by atoms with Gasteiger partial charge in [-0.25, -0.2) is 4.79 Å². The SMILES string of the molecule is CCOC(=O)c1cc2cc(NC(=O)C3C(c4ccccc4)CCN3C(=O)C3CCC(CN)CC3)ccc2[nH]1. The van der Waals surface area contributed by atoms with Crippen molar-refractivity contribution < 1.29 is 19.1 Å². The Morgan fingerprint density at radius 1 is 1.03 bits per heavy atom. The van der Waals surface area contributed by atoms with Crippen molar-refractivity contribution in [3.63, 3.8) is 0 Å². The third-order valence-electron chi connectivity index (χ3n) is 8.09. The maximum Gasteiger partial charge on any atom is 0.354 e. The number of benzene rings is 2. The highest BCUT2D eigenvalue weighted by molar-refractivity contribution is 6.01. The molecule has 38 heavy (non-hydrogen) atoms. The van der Waals surface area contributed by atoms with Crippen LogP contribution in [0.5, 0.6) is 0 Å². The molecule has 200 valence electrons. The Morgan fingerprint density at radius 3 is 2.50 bits per heavy atom. The maximum absolute atomic E-state index is 13.8. The van der Waals surface area contributed by atoms with Crippen molar-refractivity contribution in [2.45, 2.75) is 51.0 Å². The number of likely N-dealkylation sites (tertiary alicyclic amines) is 1. The number of nitrogens with one attached hydrogen (secondary N) is 2. The van der Waals surface area contributed by atoms with Crippen LogP contribution in [0.1, 0.15) is 61.0 Å². The average molecular weight is 517 g/mol. The summed E-state index contributed by atoms with van der Waals surface area (Å²) in [6.07, 6.45) is 4.32. The molecule has 0 spiro atoms. The molecule has 0 radical (unpaired) electrons. The van der Waals surface area contributed by atoms with Crippen molar-refractivity contribution >= 4 is 34.4 Å². The number of carbonyl (C=O) groups is 3. The quantitative estimate of drug-likeness (QED) is 0.402. The van der Waals surface area contributed by atoms with Gasteiger partial charge >= 0.3 is 5.97 Å². The summed E-state index contributed by atoms with van der Waals surface area (Å²) in [5.74, 6) is -0.172. The normalized spacial score (nSPS) is 23.4. The lowest BCUT2D eigenvalue weighted by atomic mass is 9.81. The van der Waals surface area contributed by atoms with Gasteiger partial charge in [-0.1, -0.05) is 30.3 Å². The second-order valence-electron chi connectivity index (χ2n) is 10.4. The molecule has 2 heterocycles. The van der Waals surface area contributed by atoms with E-state index in [2.05, 4.69) is 10.3 Å². The van der Waals surface area contributed by atoms with Crippen molar-refractivity contribution in [1.29, 1.82) is 0 Å². The van der Waals surface area contributed by atoms with Gasteiger partial charge in [-0.3, -0.25) is 9.59 Å². The van der Waals surface area contributed by atoms with E-state index in [1.54, 1.807) is 19.1 Å². The average Bonchev–Trinajstić information content (AvgIpc) is 3.58. The Bertz CT molecular complexity index is 1300. The highest BCUT2D eigenvalue weighted by Crippen LogP contribution is 2.38. The van der Waals surface area contributed by atoms with Crippen LogP contribution in [0.15, 0.2) is 54.6 Å². The fourth-order valence-electron chi connectivity index (χ4n) is 6.04. The number of aromatic amines is 1. The summed E-state index contributed by atoms with van der Waals surface area (Å²) in [5, 5.41) is 3.86. The second-order valence-corrected chi connectivity index (χ2v) is 10.4. The Balaban J connectivity index is 1.38. The molecule has 1 saturated heterocycles. The first-order valence-corrected chi connectivity index (χ1v) is 13.6. The van der Waals surface area contributed by atoms with E-state index in [9.17, 15) is 14.4 Å². The number of aromatic nitrogens is 1. The number of amides is 2. The minimum absolute atomic E-state index is 0.0554. The lowest BCUT2D eigenvalue weighted by Gasteiger charge is -2.33. The molecule has 2 amide bonds. The number of H-pyrrole nitrogens is 1. The fourth-order valence-corrected chi connectivity index (χ4v) is 6.04. The van der Waals surface area contributed by atoms with Crippen molar-refractivity contribution in [2.24, 2.45) is 17.6 Å². The molecular weight excluding hydrogens is 480 g/mol. The number of nitrogens with zero attached hydrogens (tertiary/aromatic N) is 1. The number of carbonyl (C=O) groups excluding carboxylic acids is 3. The molecule has 3 aromatic rings. The van der Waals surface area contributed by atoms with E-state index in [-0.39, 0.29) is 23.7 Å². The van der Waals surface area contributed by atoms with Gasteiger partial charge in [-0.05, 0) is 81.3 Å². The van der Waals surface area contributed by atoms with Crippen LogP contribution < -0.4 is 11.1 Å². The Morgan fingerprint density at radius 2 is 1.79 bits per heavy atom. The van der Waals surface area contributed by atoms with Gasteiger partial charge < -0.3 is 25.7 Å². The zero-order valence-corrected chi connectivity index (χ0v) is 21.8. The number of hydrogen-bond acceptors (Lipinski definition) is 5. The number of nitrogens with two attached hydrogens (primary N) is 1. The number of anilines is 1. The summed E-state index contributed by atoms with van der Waals surface area (Å²) in [7, 11) is 0. The van der Waals surface area contributed by atoms with Crippen LogP contribution in [0, 0.1) is 11.8 Å². The largest absolute Gasteiger partial charge is 0.461 e. The molecule has 2 fully saturated rings. The third-order valence-corrected chi connectivity index (χ3v) is 8.09. The molecule has 5 rings (SSSR count). The third kappa shape index (κ3) is 5.31. The van der Waals surface area contributed by atoms with Crippen LogP contribution in [0.25, 0.3) is 10.9 Å². The van der Waals surface area contributed by atoms with E-state index in [4.69, 9.17) is 10.5 Å². The first kappa shape index (κ1) is 26.0. The van der Waals surface area contributed by atoms with Gasteiger partial charge in [0.2, 0.25) is 11.8 Å². The summed E-state index contributed by atoms with van der Waals surface area (Å²) in [6.45, 7) is 3.29. The lowest BCUT2D eigenvalue weighted by Crippen LogP contribution is -2.48. The second kappa shape index (κ2) is 11.4. The molecular formula is C30H36N4O4.